The maximum absolute atomic E-state index is 12.6. The van der Waals surface area contributed by atoms with Crippen molar-refractivity contribution in [1.29, 1.82) is 0 Å². The normalized spacial score (nSPS) is 26.1. The fourth-order valence-corrected chi connectivity index (χ4v) is 2.31. The van der Waals surface area contributed by atoms with Crippen molar-refractivity contribution in [2.75, 3.05) is 5.73 Å². The summed E-state index contributed by atoms with van der Waals surface area (Å²) in [5.74, 6) is -0.766. The zero-order valence-corrected chi connectivity index (χ0v) is 9.54. The maximum atomic E-state index is 12.6. The summed E-state index contributed by atoms with van der Waals surface area (Å²) in [6.07, 6.45) is -2.56. The lowest BCUT2D eigenvalue weighted by molar-refractivity contribution is -0.183. The second kappa shape index (κ2) is 4.19. The molecule has 1 aliphatic carbocycles. The molecule has 4 nitrogen and oxygen atoms in total. The molecular formula is C10H15F3N4. The van der Waals surface area contributed by atoms with Crippen molar-refractivity contribution in [2.24, 2.45) is 13.0 Å². The number of rotatable bonds is 1. The van der Waals surface area contributed by atoms with Gasteiger partial charge in [0.1, 0.15) is 0 Å². The molecule has 0 saturated heterocycles. The zero-order valence-electron chi connectivity index (χ0n) is 9.54. The van der Waals surface area contributed by atoms with Gasteiger partial charge in [-0.15, -0.1) is 0 Å². The van der Waals surface area contributed by atoms with Crippen LogP contribution in [0.1, 0.15) is 37.4 Å². The third-order valence-electron chi connectivity index (χ3n) is 3.32. The first-order valence-corrected chi connectivity index (χ1v) is 5.61. The Balaban J connectivity index is 2.12. The number of hydrogen-bond donors (Lipinski definition) is 1. The molecule has 0 radical (unpaired) electrons. The highest BCUT2D eigenvalue weighted by Gasteiger charge is 2.43. The van der Waals surface area contributed by atoms with Gasteiger partial charge in [-0.25, -0.2) is 4.68 Å². The Labute approximate surface area is 97.0 Å². The molecule has 0 aromatic carbocycles. The van der Waals surface area contributed by atoms with E-state index in [0.717, 1.165) is 0 Å². The number of aryl methyl sites for hydroxylation is 1. The number of nitrogens with zero attached hydrogens (tertiary/aromatic N) is 3. The lowest BCUT2D eigenvalue weighted by atomic mass is 9.81. The second-order valence-electron chi connectivity index (χ2n) is 4.55. The predicted molar refractivity (Wildman–Crippen MR) is 56.2 cm³/mol. The van der Waals surface area contributed by atoms with Crippen molar-refractivity contribution in [1.82, 2.24) is 14.8 Å². The average Bonchev–Trinajstić information content (AvgIpc) is 2.58. The first-order valence-electron chi connectivity index (χ1n) is 5.61. The van der Waals surface area contributed by atoms with Crippen LogP contribution in [0.3, 0.4) is 0 Å². The van der Waals surface area contributed by atoms with E-state index in [9.17, 15) is 13.2 Å². The van der Waals surface area contributed by atoms with Crippen LogP contribution in [-0.2, 0) is 7.05 Å². The molecule has 1 aliphatic rings. The number of nitrogen functional groups attached to an aromatic ring is 1. The van der Waals surface area contributed by atoms with Crippen molar-refractivity contribution in [3.05, 3.63) is 5.82 Å². The van der Waals surface area contributed by atoms with Gasteiger partial charge in [0.05, 0.1) is 5.92 Å². The van der Waals surface area contributed by atoms with Gasteiger partial charge in [0, 0.05) is 13.0 Å². The van der Waals surface area contributed by atoms with E-state index in [1.165, 1.54) is 4.68 Å². The average molecular weight is 248 g/mol. The van der Waals surface area contributed by atoms with Crippen molar-refractivity contribution < 1.29 is 13.2 Å². The highest BCUT2D eigenvalue weighted by Crippen LogP contribution is 2.42. The van der Waals surface area contributed by atoms with Gasteiger partial charge < -0.3 is 5.73 Å². The Hall–Kier alpha value is -1.27. The fraction of sp³-hybridized carbons (Fsp3) is 0.800. The van der Waals surface area contributed by atoms with E-state index in [1.54, 1.807) is 7.05 Å². The zero-order chi connectivity index (χ0) is 12.6. The van der Waals surface area contributed by atoms with Gasteiger partial charge in [0.2, 0.25) is 5.95 Å². The molecule has 0 bridgehead atoms. The largest absolute Gasteiger partial charge is 0.391 e. The quantitative estimate of drug-likeness (QED) is 0.829. The van der Waals surface area contributed by atoms with Crippen LogP contribution in [0, 0.1) is 5.92 Å². The van der Waals surface area contributed by atoms with Crippen molar-refractivity contribution in [3.63, 3.8) is 0 Å². The SMILES string of the molecule is Cn1nc(C2CCCC(C(F)(F)F)C2)nc1N. The lowest BCUT2D eigenvalue weighted by Gasteiger charge is -2.28. The summed E-state index contributed by atoms with van der Waals surface area (Å²) >= 11 is 0. The Morgan fingerprint density at radius 1 is 1.35 bits per heavy atom. The smallest absolute Gasteiger partial charge is 0.368 e. The molecule has 1 aromatic rings. The van der Waals surface area contributed by atoms with Crippen molar-refractivity contribution in [2.45, 2.75) is 37.8 Å². The number of anilines is 1. The Morgan fingerprint density at radius 3 is 2.59 bits per heavy atom. The third-order valence-corrected chi connectivity index (χ3v) is 3.32. The Bertz CT molecular complexity index is 379. The summed E-state index contributed by atoms with van der Waals surface area (Å²) in [4.78, 5) is 4.01. The predicted octanol–water partition coefficient (Wildman–Crippen LogP) is 2.23. The van der Waals surface area contributed by atoms with E-state index in [4.69, 9.17) is 5.73 Å². The molecule has 1 aromatic heterocycles. The molecule has 2 unspecified atom stereocenters. The van der Waals surface area contributed by atoms with Crippen LogP contribution in [0.15, 0.2) is 0 Å². The summed E-state index contributed by atoms with van der Waals surface area (Å²) in [5.41, 5.74) is 5.53. The summed E-state index contributed by atoms with van der Waals surface area (Å²) in [6, 6.07) is 0. The third kappa shape index (κ3) is 2.53. The van der Waals surface area contributed by atoms with E-state index in [2.05, 4.69) is 10.1 Å². The summed E-state index contributed by atoms with van der Waals surface area (Å²) in [7, 11) is 1.63. The molecule has 96 valence electrons. The Morgan fingerprint density at radius 2 is 2.06 bits per heavy atom. The lowest BCUT2D eigenvalue weighted by Crippen LogP contribution is -2.28. The van der Waals surface area contributed by atoms with Gasteiger partial charge in [0.15, 0.2) is 5.82 Å². The van der Waals surface area contributed by atoms with Crippen LogP contribution in [0.4, 0.5) is 19.1 Å². The standard InChI is InChI=1S/C10H15F3N4/c1-17-9(14)15-8(16-17)6-3-2-4-7(5-6)10(11,12)13/h6-7H,2-5H2,1H3,(H2,14,15,16). The molecule has 1 saturated carbocycles. The molecule has 0 spiro atoms. The summed E-state index contributed by atoms with van der Waals surface area (Å²) in [6.45, 7) is 0. The van der Waals surface area contributed by atoms with Gasteiger partial charge in [-0.05, 0) is 19.3 Å². The Kier molecular flexibility index (Phi) is 3.01. The fourth-order valence-electron chi connectivity index (χ4n) is 2.31. The van der Waals surface area contributed by atoms with Crippen molar-refractivity contribution >= 4 is 5.95 Å². The molecule has 2 N–H and O–H groups in total. The highest BCUT2D eigenvalue weighted by atomic mass is 19.4. The van der Waals surface area contributed by atoms with E-state index in [-0.39, 0.29) is 24.7 Å². The molecular weight excluding hydrogens is 233 g/mol. The minimum Gasteiger partial charge on any atom is -0.368 e. The van der Waals surface area contributed by atoms with Gasteiger partial charge in [-0.1, -0.05) is 6.42 Å². The van der Waals surface area contributed by atoms with Gasteiger partial charge in [-0.3, -0.25) is 0 Å². The van der Waals surface area contributed by atoms with Crippen LogP contribution in [0.2, 0.25) is 0 Å². The molecule has 2 rings (SSSR count). The van der Waals surface area contributed by atoms with Crippen LogP contribution in [-0.4, -0.2) is 20.9 Å². The number of hydrogen-bond acceptors (Lipinski definition) is 3. The van der Waals surface area contributed by atoms with Gasteiger partial charge in [0.25, 0.3) is 0 Å². The van der Waals surface area contributed by atoms with Crippen LogP contribution in [0.25, 0.3) is 0 Å². The van der Waals surface area contributed by atoms with Gasteiger partial charge in [-0.2, -0.15) is 23.3 Å². The highest BCUT2D eigenvalue weighted by molar-refractivity contribution is 5.17. The molecule has 0 aliphatic heterocycles. The molecule has 2 atom stereocenters. The molecule has 17 heavy (non-hydrogen) atoms. The number of alkyl halides is 3. The monoisotopic (exact) mass is 248 g/mol. The van der Waals surface area contributed by atoms with E-state index >= 15 is 0 Å². The minimum atomic E-state index is -4.11. The number of nitrogens with two attached hydrogens (primary N) is 1. The van der Waals surface area contributed by atoms with Crippen LogP contribution < -0.4 is 5.73 Å². The second-order valence-corrected chi connectivity index (χ2v) is 4.55. The van der Waals surface area contributed by atoms with Crippen LogP contribution >= 0.6 is 0 Å². The minimum absolute atomic E-state index is 0.0763. The first kappa shape index (κ1) is 12.2. The van der Waals surface area contributed by atoms with Crippen LogP contribution in [0.5, 0.6) is 0 Å². The van der Waals surface area contributed by atoms with E-state index in [1.807, 2.05) is 0 Å². The van der Waals surface area contributed by atoms with Gasteiger partial charge >= 0.3 is 6.18 Å². The molecule has 1 heterocycles. The maximum Gasteiger partial charge on any atom is 0.391 e. The van der Waals surface area contributed by atoms with E-state index < -0.39 is 12.1 Å². The topological polar surface area (TPSA) is 56.7 Å². The first-order chi connectivity index (χ1) is 7.88. The molecule has 7 heteroatoms. The number of aromatic nitrogens is 3. The summed E-state index contributed by atoms with van der Waals surface area (Å²) in [5, 5.41) is 4.06. The molecule has 1 fully saturated rings. The number of halogens is 3. The van der Waals surface area contributed by atoms with E-state index in [0.29, 0.717) is 18.7 Å². The van der Waals surface area contributed by atoms with Crippen molar-refractivity contribution in [3.8, 4) is 0 Å². The summed E-state index contributed by atoms with van der Waals surface area (Å²) < 4.78 is 39.3. The molecule has 0 amide bonds.